The summed E-state index contributed by atoms with van der Waals surface area (Å²) in [6, 6.07) is -0.149. The third kappa shape index (κ3) is 1.69. The van der Waals surface area contributed by atoms with Gasteiger partial charge in [-0.2, -0.15) is 0 Å². The Balaban J connectivity index is 2.24. The molecule has 0 aromatic heterocycles. The van der Waals surface area contributed by atoms with Crippen LogP contribution in [0.2, 0.25) is 0 Å². The molecule has 0 saturated carbocycles. The number of urea groups is 1. The molecule has 90 valence electrons. The minimum atomic E-state index is -0.514. The van der Waals surface area contributed by atoms with Gasteiger partial charge in [-0.1, -0.05) is 13.8 Å². The van der Waals surface area contributed by atoms with E-state index in [9.17, 15) is 4.79 Å². The van der Waals surface area contributed by atoms with Crippen molar-refractivity contribution >= 4 is 11.9 Å². The molecule has 2 fully saturated rings. The van der Waals surface area contributed by atoms with Gasteiger partial charge in [0.25, 0.3) is 0 Å². The second-order valence-corrected chi connectivity index (χ2v) is 5.00. The van der Waals surface area contributed by atoms with E-state index in [1.54, 1.807) is 4.90 Å². The Labute approximate surface area is 95.6 Å². The van der Waals surface area contributed by atoms with Crippen molar-refractivity contribution in [2.75, 3.05) is 19.8 Å². The highest BCUT2D eigenvalue weighted by atomic mass is 16.5. The van der Waals surface area contributed by atoms with Crippen LogP contribution in [0.25, 0.3) is 0 Å². The van der Waals surface area contributed by atoms with Crippen LogP contribution in [0.3, 0.4) is 0 Å². The van der Waals surface area contributed by atoms with E-state index < -0.39 is 5.54 Å². The number of carbonyl (C=O) groups is 1. The molecule has 0 aromatic rings. The van der Waals surface area contributed by atoms with Crippen LogP contribution in [0.1, 0.15) is 26.7 Å². The van der Waals surface area contributed by atoms with Crippen molar-refractivity contribution in [1.82, 2.24) is 10.2 Å². The Morgan fingerprint density at radius 2 is 2.38 bits per heavy atom. The van der Waals surface area contributed by atoms with Crippen molar-refractivity contribution in [1.29, 1.82) is 5.41 Å². The first kappa shape index (κ1) is 11.4. The van der Waals surface area contributed by atoms with Crippen molar-refractivity contribution in [3.05, 3.63) is 0 Å². The van der Waals surface area contributed by atoms with Crippen LogP contribution in [-0.2, 0) is 4.74 Å². The second-order valence-electron chi connectivity index (χ2n) is 5.00. The van der Waals surface area contributed by atoms with Gasteiger partial charge in [0.1, 0.15) is 11.4 Å². The molecule has 0 aromatic carbocycles. The summed E-state index contributed by atoms with van der Waals surface area (Å²) < 4.78 is 5.46. The van der Waals surface area contributed by atoms with E-state index in [1.165, 1.54) is 0 Å². The SMILES string of the molecule is CC(C)CN1C(=O)NC(=N)C12CCCOC2. The smallest absolute Gasteiger partial charge is 0.323 e. The van der Waals surface area contributed by atoms with Gasteiger partial charge in [0.05, 0.1) is 6.61 Å². The lowest BCUT2D eigenvalue weighted by Crippen LogP contribution is -2.55. The number of hydrogen-bond donors (Lipinski definition) is 2. The molecule has 0 radical (unpaired) electrons. The number of amides is 2. The van der Waals surface area contributed by atoms with Crippen LogP contribution in [0, 0.1) is 11.3 Å². The maximum atomic E-state index is 11.8. The number of nitrogens with zero attached hydrogens (tertiary/aromatic N) is 1. The van der Waals surface area contributed by atoms with E-state index >= 15 is 0 Å². The van der Waals surface area contributed by atoms with Gasteiger partial charge in [0.2, 0.25) is 0 Å². The lowest BCUT2D eigenvalue weighted by molar-refractivity contribution is 0.00813. The largest absolute Gasteiger partial charge is 0.379 e. The molecule has 2 rings (SSSR count). The predicted molar refractivity (Wildman–Crippen MR) is 60.6 cm³/mol. The molecular formula is C11H19N3O2. The zero-order valence-electron chi connectivity index (χ0n) is 9.88. The lowest BCUT2D eigenvalue weighted by Gasteiger charge is -2.39. The van der Waals surface area contributed by atoms with E-state index in [2.05, 4.69) is 19.2 Å². The first-order valence-electron chi connectivity index (χ1n) is 5.81. The highest BCUT2D eigenvalue weighted by Crippen LogP contribution is 2.31. The molecule has 1 atom stereocenters. The van der Waals surface area contributed by atoms with Crippen molar-refractivity contribution in [2.24, 2.45) is 5.92 Å². The normalized spacial score (nSPS) is 30.3. The average molecular weight is 225 g/mol. The molecule has 1 spiro atoms. The van der Waals surface area contributed by atoms with Crippen LogP contribution in [-0.4, -0.2) is 42.1 Å². The molecule has 0 bridgehead atoms. The highest BCUT2D eigenvalue weighted by molar-refractivity contribution is 6.08. The van der Waals surface area contributed by atoms with Gasteiger partial charge in [-0.25, -0.2) is 4.79 Å². The Hall–Kier alpha value is -1.10. The topological polar surface area (TPSA) is 65.4 Å². The van der Waals surface area contributed by atoms with E-state index in [0.717, 1.165) is 19.4 Å². The number of amidine groups is 1. The zero-order valence-corrected chi connectivity index (χ0v) is 9.88. The van der Waals surface area contributed by atoms with Crippen LogP contribution in [0.5, 0.6) is 0 Å². The maximum Gasteiger partial charge on any atom is 0.323 e. The van der Waals surface area contributed by atoms with Crippen molar-refractivity contribution in [3.63, 3.8) is 0 Å². The van der Waals surface area contributed by atoms with Crippen molar-refractivity contribution in [2.45, 2.75) is 32.2 Å². The van der Waals surface area contributed by atoms with E-state index in [-0.39, 0.29) is 6.03 Å². The zero-order chi connectivity index (χ0) is 11.8. The maximum absolute atomic E-state index is 11.8. The second kappa shape index (κ2) is 4.05. The summed E-state index contributed by atoms with van der Waals surface area (Å²) in [4.78, 5) is 13.6. The molecule has 2 heterocycles. The van der Waals surface area contributed by atoms with Crippen LogP contribution in [0.15, 0.2) is 0 Å². The van der Waals surface area contributed by atoms with Crippen molar-refractivity contribution < 1.29 is 9.53 Å². The van der Waals surface area contributed by atoms with Crippen LogP contribution >= 0.6 is 0 Å². The fourth-order valence-electron chi connectivity index (χ4n) is 2.43. The first-order chi connectivity index (χ1) is 7.56. The summed E-state index contributed by atoms with van der Waals surface area (Å²) in [6.45, 7) is 6.02. The molecule has 5 nitrogen and oxygen atoms in total. The number of rotatable bonds is 2. The highest BCUT2D eigenvalue weighted by Gasteiger charge is 2.51. The minimum absolute atomic E-state index is 0.149. The van der Waals surface area contributed by atoms with Gasteiger partial charge in [0.15, 0.2) is 0 Å². The van der Waals surface area contributed by atoms with Crippen LogP contribution in [0.4, 0.5) is 4.79 Å². The number of carbonyl (C=O) groups excluding carboxylic acids is 1. The van der Waals surface area contributed by atoms with Crippen molar-refractivity contribution in [3.8, 4) is 0 Å². The molecule has 5 heteroatoms. The van der Waals surface area contributed by atoms with E-state index in [4.69, 9.17) is 10.1 Å². The number of ether oxygens (including phenoxy) is 1. The van der Waals surface area contributed by atoms with Gasteiger partial charge in [-0.15, -0.1) is 0 Å². The van der Waals surface area contributed by atoms with E-state index in [0.29, 0.717) is 24.9 Å². The molecule has 2 N–H and O–H groups in total. The lowest BCUT2D eigenvalue weighted by atomic mass is 9.90. The molecule has 1 unspecified atom stereocenters. The summed E-state index contributed by atoms with van der Waals surface area (Å²) in [5, 5.41) is 10.6. The molecule has 2 aliphatic heterocycles. The molecule has 16 heavy (non-hydrogen) atoms. The monoisotopic (exact) mass is 225 g/mol. The fraction of sp³-hybridized carbons (Fsp3) is 0.818. The number of nitrogens with one attached hydrogen (secondary N) is 2. The van der Waals surface area contributed by atoms with Gasteiger partial charge in [0, 0.05) is 13.2 Å². The first-order valence-corrected chi connectivity index (χ1v) is 5.81. The predicted octanol–water partition coefficient (Wildman–Crippen LogP) is 1.19. The standard InChI is InChI=1S/C11H19N3O2/c1-8(2)6-14-10(15)13-9(12)11(14)4-3-5-16-7-11/h8H,3-7H2,1-2H3,(H2,12,13,15). The average Bonchev–Trinajstić information content (AvgIpc) is 2.44. The summed E-state index contributed by atoms with van der Waals surface area (Å²) in [7, 11) is 0. The Morgan fingerprint density at radius 3 is 2.94 bits per heavy atom. The van der Waals surface area contributed by atoms with Crippen LogP contribution < -0.4 is 5.32 Å². The Kier molecular flexibility index (Phi) is 2.88. The Bertz CT molecular complexity index is 308. The van der Waals surface area contributed by atoms with Gasteiger partial charge in [-0.3, -0.25) is 10.7 Å². The molecule has 2 amide bonds. The minimum Gasteiger partial charge on any atom is -0.379 e. The van der Waals surface area contributed by atoms with Gasteiger partial charge >= 0.3 is 6.03 Å². The summed E-state index contributed by atoms with van der Waals surface area (Å²) in [6.07, 6.45) is 1.74. The molecule has 2 saturated heterocycles. The van der Waals surface area contributed by atoms with Gasteiger partial charge < -0.3 is 9.64 Å². The quantitative estimate of drug-likeness (QED) is 0.741. The summed E-state index contributed by atoms with van der Waals surface area (Å²) in [5.41, 5.74) is -0.514. The van der Waals surface area contributed by atoms with E-state index in [1.807, 2.05) is 0 Å². The third-order valence-corrected chi connectivity index (χ3v) is 3.23. The van der Waals surface area contributed by atoms with Gasteiger partial charge in [-0.05, 0) is 18.8 Å². The third-order valence-electron chi connectivity index (χ3n) is 3.23. The fourth-order valence-corrected chi connectivity index (χ4v) is 2.43. The summed E-state index contributed by atoms with van der Waals surface area (Å²) in [5.74, 6) is 0.702. The molecule has 2 aliphatic rings. The Morgan fingerprint density at radius 1 is 1.62 bits per heavy atom. The molecular weight excluding hydrogens is 206 g/mol. The summed E-state index contributed by atoms with van der Waals surface area (Å²) >= 11 is 0. The number of hydrogen-bond acceptors (Lipinski definition) is 3. The molecule has 0 aliphatic carbocycles.